The first kappa shape index (κ1) is 9.28. The topological polar surface area (TPSA) is 42.1 Å². The van der Waals surface area contributed by atoms with E-state index in [1.165, 1.54) is 25.7 Å². The smallest absolute Gasteiger partial charge is 0.131 e. The molecule has 0 atom stereocenters. The fraction of sp³-hybridized carbons (Fsp3) is 0.545. The number of anilines is 2. The van der Waals surface area contributed by atoms with E-state index in [4.69, 9.17) is 17.3 Å². The fourth-order valence-corrected chi connectivity index (χ4v) is 2.97. The minimum Gasteiger partial charge on any atom is -0.397 e. The van der Waals surface area contributed by atoms with Crippen LogP contribution in [0.25, 0.3) is 0 Å². The Labute approximate surface area is 94.2 Å². The molecule has 2 aliphatic rings. The van der Waals surface area contributed by atoms with E-state index in [0.717, 1.165) is 5.82 Å². The lowest BCUT2D eigenvalue weighted by Crippen LogP contribution is -2.28. The van der Waals surface area contributed by atoms with Gasteiger partial charge in [0.15, 0.2) is 0 Å². The van der Waals surface area contributed by atoms with Crippen molar-refractivity contribution in [2.24, 2.45) is 0 Å². The molecule has 0 aliphatic carbocycles. The quantitative estimate of drug-likeness (QED) is 0.795. The Hall–Kier alpha value is -0.960. The number of pyridine rings is 1. The van der Waals surface area contributed by atoms with Gasteiger partial charge in [0.25, 0.3) is 0 Å². The van der Waals surface area contributed by atoms with Crippen LogP contribution in [0.15, 0.2) is 12.3 Å². The standard InChI is InChI=1S/C11H14ClN3/c12-9-6-14-11(5-10(9)13)15-7-1-2-8(15)4-3-7/h5-8H,1-4H2,(H2,13,14)/t7-,8+. The summed E-state index contributed by atoms with van der Waals surface area (Å²) in [5, 5.41) is 0.547. The minimum atomic E-state index is 0.547. The van der Waals surface area contributed by atoms with Crippen molar-refractivity contribution in [1.82, 2.24) is 4.98 Å². The molecule has 2 fully saturated rings. The second-order valence-corrected chi connectivity index (χ2v) is 4.84. The zero-order valence-electron chi connectivity index (χ0n) is 8.49. The van der Waals surface area contributed by atoms with Gasteiger partial charge in [0, 0.05) is 24.3 Å². The fourth-order valence-electron chi connectivity index (χ4n) is 2.87. The molecule has 0 spiro atoms. The van der Waals surface area contributed by atoms with Gasteiger partial charge in [0.05, 0.1) is 10.7 Å². The maximum Gasteiger partial charge on any atom is 0.131 e. The highest BCUT2D eigenvalue weighted by Gasteiger charge is 2.39. The van der Waals surface area contributed by atoms with Crippen LogP contribution in [0.3, 0.4) is 0 Å². The van der Waals surface area contributed by atoms with Gasteiger partial charge in [0.2, 0.25) is 0 Å². The molecular formula is C11H14ClN3. The summed E-state index contributed by atoms with van der Waals surface area (Å²) >= 11 is 5.87. The Bertz CT molecular complexity index is 373. The average molecular weight is 224 g/mol. The number of fused-ring (bicyclic) bond motifs is 2. The van der Waals surface area contributed by atoms with Crippen LogP contribution in [-0.2, 0) is 0 Å². The predicted octanol–water partition coefficient (Wildman–Crippen LogP) is 2.45. The Morgan fingerprint density at radius 3 is 2.40 bits per heavy atom. The van der Waals surface area contributed by atoms with Crippen molar-refractivity contribution in [3.63, 3.8) is 0 Å². The Balaban J connectivity index is 1.96. The van der Waals surface area contributed by atoms with Gasteiger partial charge in [-0.15, -0.1) is 0 Å². The number of nitrogens with two attached hydrogens (primary N) is 1. The van der Waals surface area contributed by atoms with E-state index >= 15 is 0 Å². The molecule has 4 heteroatoms. The Kier molecular flexibility index (Phi) is 2.02. The van der Waals surface area contributed by atoms with Crippen LogP contribution in [0.4, 0.5) is 11.5 Å². The summed E-state index contributed by atoms with van der Waals surface area (Å²) in [6.07, 6.45) is 6.86. The molecule has 3 nitrogen and oxygen atoms in total. The van der Waals surface area contributed by atoms with Crippen LogP contribution in [0.1, 0.15) is 25.7 Å². The Morgan fingerprint density at radius 1 is 1.27 bits per heavy atom. The molecular weight excluding hydrogens is 210 g/mol. The molecule has 80 valence electrons. The largest absolute Gasteiger partial charge is 0.397 e. The van der Waals surface area contributed by atoms with Crippen LogP contribution in [0.2, 0.25) is 5.02 Å². The SMILES string of the molecule is Nc1cc(N2[C@H]3CC[C@@H]2CC3)ncc1Cl. The highest BCUT2D eigenvalue weighted by molar-refractivity contribution is 6.32. The van der Waals surface area contributed by atoms with Gasteiger partial charge < -0.3 is 10.6 Å². The third-order valence-corrected chi connectivity index (χ3v) is 3.90. The second kappa shape index (κ2) is 3.27. The van der Waals surface area contributed by atoms with E-state index in [9.17, 15) is 0 Å². The van der Waals surface area contributed by atoms with Crippen molar-refractivity contribution in [3.8, 4) is 0 Å². The summed E-state index contributed by atoms with van der Waals surface area (Å²) in [5.74, 6) is 1.00. The van der Waals surface area contributed by atoms with E-state index < -0.39 is 0 Å². The number of hydrogen-bond donors (Lipinski definition) is 1. The van der Waals surface area contributed by atoms with Gasteiger partial charge in [0.1, 0.15) is 5.82 Å². The van der Waals surface area contributed by atoms with E-state index in [-0.39, 0.29) is 0 Å². The third kappa shape index (κ3) is 1.37. The van der Waals surface area contributed by atoms with Gasteiger partial charge in [-0.25, -0.2) is 4.98 Å². The van der Waals surface area contributed by atoms with Gasteiger partial charge in [-0.3, -0.25) is 0 Å². The van der Waals surface area contributed by atoms with Crippen LogP contribution >= 0.6 is 11.6 Å². The van der Waals surface area contributed by atoms with Crippen LogP contribution in [0, 0.1) is 0 Å². The van der Waals surface area contributed by atoms with Crippen molar-refractivity contribution in [3.05, 3.63) is 17.3 Å². The first-order valence-electron chi connectivity index (χ1n) is 5.45. The molecule has 0 radical (unpaired) electrons. The van der Waals surface area contributed by atoms with Crippen molar-refractivity contribution in [2.75, 3.05) is 10.6 Å². The average Bonchev–Trinajstić information content (AvgIpc) is 2.81. The molecule has 0 saturated carbocycles. The lowest BCUT2D eigenvalue weighted by Gasteiger charge is -2.23. The maximum absolute atomic E-state index is 5.87. The summed E-state index contributed by atoms with van der Waals surface area (Å²) in [5.41, 5.74) is 6.43. The Morgan fingerprint density at radius 2 is 1.87 bits per heavy atom. The summed E-state index contributed by atoms with van der Waals surface area (Å²) in [4.78, 5) is 6.80. The molecule has 15 heavy (non-hydrogen) atoms. The molecule has 0 unspecified atom stereocenters. The number of halogens is 1. The van der Waals surface area contributed by atoms with Gasteiger partial charge in [-0.05, 0) is 25.7 Å². The predicted molar refractivity (Wildman–Crippen MR) is 62.2 cm³/mol. The van der Waals surface area contributed by atoms with Gasteiger partial charge >= 0.3 is 0 Å². The zero-order chi connectivity index (χ0) is 10.4. The van der Waals surface area contributed by atoms with Gasteiger partial charge in [-0.2, -0.15) is 0 Å². The molecule has 1 aromatic rings. The first-order chi connectivity index (χ1) is 7.25. The zero-order valence-corrected chi connectivity index (χ0v) is 9.24. The molecule has 2 aliphatic heterocycles. The van der Waals surface area contributed by atoms with Crippen molar-refractivity contribution < 1.29 is 0 Å². The van der Waals surface area contributed by atoms with E-state index in [2.05, 4.69) is 9.88 Å². The highest BCUT2D eigenvalue weighted by atomic mass is 35.5. The number of nitrogen functional groups attached to an aromatic ring is 1. The highest BCUT2D eigenvalue weighted by Crippen LogP contribution is 2.40. The molecule has 2 bridgehead atoms. The lowest BCUT2D eigenvalue weighted by atomic mass is 10.0. The van der Waals surface area contributed by atoms with E-state index in [1.807, 2.05) is 6.07 Å². The van der Waals surface area contributed by atoms with Crippen molar-refractivity contribution in [1.29, 1.82) is 0 Å². The molecule has 0 amide bonds. The normalized spacial score (nSPS) is 28.7. The number of hydrogen-bond acceptors (Lipinski definition) is 3. The molecule has 0 aromatic carbocycles. The molecule has 2 saturated heterocycles. The van der Waals surface area contributed by atoms with Crippen LogP contribution < -0.4 is 10.6 Å². The van der Waals surface area contributed by atoms with Crippen LogP contribution in [-0.4, -0.2) is 17.1 Å². The monoisotopic (exact) mass is 223 g/mol. The summed E-state index contributed by atoms with van der Waals surface area (Å²) in [6.45, 7) is 0. The third-order valence-electron chi connectivity index (χ3n) is 3.59. The first-order valence-corrected chi connectivity index (χ1v) is 5.83. The molecule has 1 aromatic heterocycles. The molecule has 2 N–H and O–H groups in total. The van der Waals surface area contributed by atoms with Crippen molar-refractivity contribution in [2.45, 2.75) is 37.8 Å². The lowest BCUT2D eigenvalue weighted by molar-refractivity contribution is 0.576. The number of rotatable bonds is 1. The van der Waals surface area contributed by atoms with Crippen molar-refractivity contribution >= 4 is 23.1 Å². The van der Waals surface area contributed by atoms with Crippen LogP contribution in [0.5, 0.6) is 0 Å². The second-order valence-electron chi connectivity index (χ2n) is 4.43. The number of nitrogens with zero attached hydrogens (tertiary/aromatic N) is 2. The summed E-state index contributed by atoms with van der Waals surface area (Å²) in [6, 6.07) is 3.27. The summed E-state index contributed by atoms with van der Waals surface area (Å²) in [7, 11) is 0. The van der Waals surface area contributed by atoms with E-state index in [0.29, 0.717) is 22.8 Å². The number of aromatic nitrogens is 1. The molecule has 3 rings (SSSR count). The summed E-state index contributed by atoms with van der Waals surface area (Å²) < 4.78 is 0. The molecule has 3 heterocycles. The minimum absolute atomic E-state index is 0.547. The van der Waals surface area contributed by atoms with E-state index in [1.54, 1.807) is 6.20 Å². The maximum atomic E-state index is 5.87. The van der Waals surface area contributed by atoms with Gasteiger partial charge in [-0.1, -0.05) is 11.6 Å².